The van der Waals surface area contributed by atoms with Crippen LogP contribution in [0.3, 0.4) is 0 Å². The number of rotatable bonds is 3. The number of anilines is 2. The molecule has 0 bridgehead atoms. The van der Waals surface area contributed by atoms with Crippen molar-refractivity contribution < 1.29 is 8.42 Å². The first-order valence-electron chi connectivity index (χ1n) is 5.95. The lowest BCUT2D eigenvalue weighted by Gasteiger charge is -2.11. The van der Waals surface area contributed by atoms with Crippen molar-refractivity contribution in [1.82, 2.24) is 0 Å². The summed E-state index contributed by atoms with van der Waals surface area (Å²) < 4.78 is 27.9. The Morgan fingerprint density at radius 2 is 1.80 bits per heavy atom. The molecule has 0 fully saturated rings. The number of nitrogens with one attached hydrogen (secondary N) is 1. The molecule has 0 aliphatic rings. The molecular formula is C14H15BrN2O2S. The van der Waals surface area contributed by atoms with Gasteiger partial charge in [-0.1, -0.05) is 12.1 Å². The lowest BCUT2D eigenvalue weighted by atomic mass is 10.2. The predicted molar refractivity (Wildman–Crippen MR) is 85.3 cm³/mol. The van der Waals surface area contributed by atoms with E-state index in [2.05, 4.69) is 20.7 Å². The van der Waals surface area contributed by atoms with Gasteiger partial charge >= 0.3 is 0 Å². The average Bonchev–Trinajstić information content (AvgIpc) is 2.36. The van der Waals surface area contributed by atoms with Gasteiger partial charge in [-0.05, 0) is 65.2 Å². The number of halogens is 1. The predicted octanol–water partition coefficient (Wildman–Crippen LogP) is 3.45. The highest BCUT2D eigenvalue weighted by Crippen LogP contribution is 2.27. The zero-order valence-electron chi connectivity index (χ0n) is 11.1. The molecule has 0 unspecified atom stereocenters. The number of nitrogens with two attached hydrogens (primary N) is 1. The van der Waals surface area contributed by atoms with Crippen LogP contribution in [0.1, 0.15) is 11.1 Å². The first-order valence-corrected chi connectivity index (χ1v) is 8.22. The minimum absolute atomic E-state index is 0.147. The van der Waals surface area contributed by atoms with Crippen LogP contribution in [-0.4, -0.2) is 8.42 Å². The molecule has 0 atom stereocenters. The first kappa shape index (κ1) is 14.9. The van der Waals surface area contributed by atoms with Gasteiger partial charge in [0.1, 0.15) is 0 Å². The van der Waals surface area contributed by atoms with Crippen LogP contribution in [0.2, 0.25) is 0 Å². The number of aryl methyl sites for hydroxylation is 2. The van der Waals surface area contributed by atoms with Gasteiger partial charge in [0.25, 0.3) is 10.0 Å². The highest BCUT2D eigenvalue weighted by Gasteiger charge is 2.16. The summed E-state index contributed by atoms with van der Waals surface area (Å²) in [5.74, 6) is 0. The summed E-state index contributed by atoms with van der Waals surface area (Å²) in [4.78, 5) is 0.147. The Labute approximate surface area is 127 Å². The van der Waals surface area contributed by atoms with Gasteiger partial charge in [-0.3, -0.25) is 4.72 Å². The van der Waals surface area contributed by atoms with E-state index in [1.54, 1.807) is 18.2 Å². The Morgan fingerprint density at radius 3 is 2.45 bits per heavy atom. The van der Waals surface area contributed by atoms with Crippen LogP contribution in [0.4, 0.5) is 11.4 Å². The number of nitrogen functional groups attached to an aromatic ring is 1. The Hall–Kier alpha value is -1.53. The summed E-state index contributed by atoms with van der Waals surface area (Å²) >= 11 is 3.33. The Bertz CT molecular complexity index is 758. The average molecular weight is 355 g/mol. The van der Waals surface area contributed by atoms with Crippen LogP contribution >= 0.6 is 15.9 Å². The second-order valence-corrected chi connectivity index (χ2v) is 7.14. The smallest absolute Gasteiger partial charge is 0.262 e. The van der Waals surface area contributed by atoms with Crippen LogP contribution < -0.4 is 10.5 Å². The van der Waals surface area contributed by atoms with Crippen molar-refractivity contribution in [3.05, 3.63) is 52.0 Å². The van der Waals surface area contributed by atoms with E-state index in [4.69, 9.17) is 5.73 Å². The fourth-order valence-corrected chi connectivity index (χ4v) is 3.29. The van der Waals surface area contributed by atoms with Crippen molar-refractivity contribution in [3.8, 4) is 0 Å². The zero-order chi connectivity index (χ0) is 14.9. The molecule has 2 aromatic rings. The van der Waals surface area contributed by atoms with Crippen LogP contribution in [0.15, 0.2) is 45.8 Å². The summed E-state index contributed by atoms with van der Waals surface area (Å²) in [6, 6.07) is 10.1. The molecule has 2 rings (SSSR count). The molecule has 0 aliphatic heterocycles. The van der Waals surface area contributed by atoms with Crippen molar-refractivity contribution in [2.45, 2.75) is 18.7 Å². The molecule has 3 N–H and O–H groups in total. The monoisotopic (exact) mass is 354 g/mol. The third kappa shape index (κ3) is 3.13. The van der Waals surface area contributed by atoms with Gasteiger partial charge in [-0.15, -0.1) is 0 Å². The van der Waals surface area contributed by atoms with Gasteiger partial charge in [0, 0.05) is 10.2 Å². The summed E-state index contributed by atoms with van der Waals surface area (Å²) in [6.07, 6.45) is 0. The van der Waals surface area contributed by atoms with Crippen LogP contribution in [0, 0.1) is 13.8 Å². The molecule has 0 aromatic heterocycles. The van der Waals surface area contributed by atoms with Crippen molar-refractivity contribution >= 4 is 37.3 Å². The highest BCUT2D eigenvalue weighted by atomic mass is 79.9. The third-order valence-corrected chi connectivity index (χ3v) is 4.98. The maximum atomic E-state index is 12.3. The second kappa shape index (κ2) is 5.46. The van der Waals surface area contributed by atoms with Gasteiger partial charge in [-0.2, -0.15) is 0 Å². The molecule has 106 valence electrons. The van der Waals surface area contributed by atoms with E-state index in [-0.39, 0.29) is 4.90 Å². The molecule has 2 aromatic carbocycles. The number of benzene rings is 2. The molecule has 0 radical (unpaired) electrons. The highest BCUT2D eigenvalue weighted by molar-refractivity contribution is 9.10. The fraction of sp³-hybridized carbons (Fsp3) is 0.143. The minimum Gasteiger partial charge on any atom is -0.398 e. The van der Waals surface area contributed by atoms with E-state index in [1.165, 1.54) is 12.1 Å². The molecule has 0 saturated carbocycles. The molecule has 20 heavy (non-hydrogen) atoms. The number of sulfonamides is 1. The Morgan fingerprint density at radius 1 is 1.10 bits per heavy atom. The third-order valence-electron chi connectivity index (χ3n) is 2.93. The fourth-order valence-electron chi connectivity index (χ4n) is 1.71. The second-order valence-electron chi connectivity index (χ2n) is 4.61. The lowest BCUT2D eigenvalue weighted by molar-refractivity contribution is 0.601. The quantitative estimate of drug-likeness (QED) is 0.829. The first-order chi connectivity index (χ1) is 9.29. The summed E-state index contributed by atoms with van der Waals surface area (Å²) in [6.45, 7) is 3.73. The van der Waals surface area contributed by atoms with Gasteiger partial charge in [0.05, 0.1) is 10.6 Å². The van der Waals surface area contributed by atoms with E-state index in [9.17, 15) is 8.42 Å². The van der Waals surface area contributed by atoms with Crippen molar-refractivity contribution in [3.63, 3.8) is 0 Å². The summed E-state index contributed by atoms with van der Waals surface area (Å²) in [5, 5.41) is 0. The van der Waals surface area contributed by atoms with E-state index in [0.717, 1.165) is 11.1 Å². The molecule has 0 heterocycles. The Balaban J connectivity index is 2.40. The summed E-state index contributed by atoms with van der Waals surface area (Å²) in [7, 11) is -3.65. The molecular weight excluding hydrogens is 340 g/mol. The van der Waals surface area contributed by atoms with Gasteiger partial charge in [-0.25, -0.2) is 8.42 Å². The van der Waals surface area contributed by atoms with E-state index in [1.807, 2.05) is 19.9 Å². The van der Waals surface area contributed by atoms with Crippen LogP contribution in [-0.2, 0) is 10.0 Å². The van der Waals surface area contributed by atoms with E-state index >= 15 is 0 Å². The molecule has 4 nitrogen and oxygen atoms in total. The number of hydrogen-bond acceptors (Lipinski definition) is 3. The topological polar surface area (TPSA) is 72.2 Å². The molecule has 0 spiro atoms. The SMILES string of the molecule is Cc1ccc(Br)c(NS(=O)(=O)c2ccc(C)c(N)c2)c1. The number of hydrogen-bond donors (Lipinski definition) is 2. The van der Waals surface area contributed by atoms with E-state index < -0.39 is 10.0 Å². The lowest BCUT2D eigenvalue weighted by Crippen LogP contribution is -2.14. The zero-order valence-corrected chi connectivity index (χ0v) is 13.5. The standard InChI is InChI=1S/C14H15BrN2O2S/c1-9-3-6-12(15)14(7-9)17-20(18,19)11-5-4-10(2)13(16)8-11/h3-8,17H,16H2,1-2H3. The molecule has 0 saturated heterocycles. The van der Waals surface area contributed by atoms with Gasteiger partial charge < -0.3 is 5.73 Å². The normalized spacial score (nSPS) is 11.3. The van der Waals surface area contributed by atoms with Gasteiger partial charge in [0.2, 0.25) is 0 Å². The van der Waals surface area contributed by atoms with Crippen molar-refractivity contribution in [2.75, 3.05) is 10.5 Å². The van der Waals surface area contributed by atoms with Gasteiger partial charge in [0.15, 0.2) is 0 Å². The largest absolute Gasteiger partial charge is 0.398 e. The summed E-state index contributed by atoms with van der Waals surface area (Å²) in [5.41, 5.74) is 8.54. The minimum atomic E-state index is -3.65. The Kier molecular flexibility index (Phi) is 4.06. The molecule has 0 aliphatic carbocycles. The van der Waals surface area contributed by atoms with Crippen molar-refractivity contribution in [2.24, 2.45) is 0 Å². The maximum Gasteiger partial charge on any atom is 0.262 e. The molecule has 6 heteroatoms. The molecule has 0 amide bonds. The maximum absolute atomic E-state index is 12.3. The van der Waals surface area contributed by atoms with E-state index in [0.29, 0.717) is 15.8 Å². The van der Waals surface area contributed by atoms with Crippen LogP contribution in [0.25, 0.3) is 0 Å². The van der Waals surface area contributed by atoms with Crippen molar-refractivity contribution in [1.29, 1.82) is 0 Å². The van der Waals surface area contributed by atoms with Crippen LogP contribution in [0.5, 0.6) is 0 Å².